The van der Waals surface area contributed by atoms with Crippen LogP contribution in [0.5, 0.6) is 0 Å². The Labute approximate surface area is 104 Å². The highest BCUT2D eigenvalue weighted by molar-refractivity contribution is 8.19. The average Bonchev–Trinajstić information content (AvgIpc) is 2.71. The van der Waals surface area contributed by atoms with Gasteiger partial charge in [-0.25, -0.2) is 4.98 Å². The van der Waals surface area contributed by atoms with E-state index in [0.29, 0.717) is 11.6 Å². The van der Waals surface area contributed by atoms with E-state index >= 15 is 0 Å². The van der Waals surface area contributed by atoms with Gasteiger partial charge in [-0.15, -0.1) is 11.6 Å². The molecule has 0 aliphatic rings. The minimum absolute atomic E-state index is 0.0282. The Hall–Kier alpha value is -1.43. The van der Waals surface area contributed by atoms with Crippen LogP contribution < -0.4 is 5.32 Å². The Morgan fingerprint density at radius 1 is 1.59 bits per heavy atom. The number of aromatic nitrogens is 1. The SMILES string of the molecule is BSc1nc2cc(NC(=O)CCC)ccc2o1. The number of nitrogens with zero attached hydrogens (tertiary/aromatic N) is 1. The van der Waals surface area contributed by atoms with Gasteiger partial charge in [0, 0.05) is 12.1 Å². The molecule has 0 aliphatic carbocycles. The maximum absolute atomic E-state index is 11.5. The molecule has 0 spiro atoms. The van der Waals surface area contributed by atoms with E-state index in [4.69, 9.17) is 4.42 Å². The minimum atomic E-state index is 0.0282. The van der Waals surface area contributed by atoms with Gasteiger partial charge in [-0.1, -0.05) is 6.92 Å². The molecule has 6 heteroatoms. The summed E-state index contributed by atoms with van der Waals surface area (Å²) in [6, 6.07) is 5.47. The third-order valence-electron chi connectivity index (χ3n) is 2.30. The topological polar surface area (TPSA) is 55.1 Å². The molecule has 0 unspecified atom stereocenters. The molecule has 0 radical (unpaired) electrons. The van der Waals surface area contributed by atoms with Crippen LogP contribution in [0.25, 0.3) is 11.1 Å². The molecule has 0 fully saturated rings. The summed E-state index contributed by atoms with van der Waals surface area (Å²) in [5.74, 6) is 0.0282. The van der Waals surface area contributed by atoms with Gasteiger partial charge < -0.3 is 9.73 Å². The van der Waals surface area contributed by atoms with Gasteiger partial charge in [0.15, 0.2) is 12.7 Å². The van der Waals surface area contributed by atoms with Gasteiger partial charge in [0.25, 0.3) is 0 Å². The lowest BCUT2D eigenvalue weighted by atomic mass is 10.2. The van der Waals surface area contributed by atoms with Gasteiger partial charge >= 0.3 is 0 Å². The van der Waals surface area contributed by atoms with Gasteiger partial charge in [0.1, 0.15) is 5.52 Å². The van der Waals surface area contributed by atoms with Crippen LogP contribution in [0.4, 0.5) is 5.69 Å². The predicted molar refractivity (Wildman–Crippen MR) is 71.9 cm³/mol. The Balaban J connectivity index is 2.21. The van der Waals surface area contributed by atoms with Crippen LogP contribution in [0.1, 0.15) is 19.8 Å². The maximum atomic E-state index is 11.5. The van der Waals surface area contributed by atoms with Crippen molar-refractivity contribution in [3.05, 3.63) is 18.2 Å². The van der Waals surface area contributed by atoms with E-state index in [-0.39, 0.29) is 5.91 Å². The van der Waals surface area contributed by atoms with E-state index in [9.17, 15) is 4.79 Å². The van der Waals surface area contributed by atoms with Gasteiger partial charge in [-0.3, -0.25) is 4.79 Å². The van der Waals surface area contributed by atoms with Crippen molar-refractivity contribution in [2.45, 2.75) is 25.0 Å². The first kappa shape index (κ1) is 12.0. The number of oxazole rings is 1. The summed E-state index contributed by atoms with van der Waals surface area (Å²) in [6.07, 6.45) is 1.38. The number of carbonyl (C=O) groups excluding carboxylic acids is 1. The molecule has 4 nitrogen and oxygen atoms in total. The fourth-order valence-electron chi connectivity index (χ4n) is 1.52. The maximum Gasteiger partial charge on any atom is 0.245 e. The number of carbonyl (C=O) groups is 1. The van der Waals surface area contributed by atoms with E-state index in [2.05, 4.69) is 10.3 Å². The second kappa shape index (κ2) is 5.27. The van der Waals surface area contributed by atoms with Crippen LogP contribution in [0.15, 0.2) is 27.8 Å². The molecule has 2 aromatic rings. The van der Waals surface area contributed by atoms with Crippen molar-refractivity contribution in [1.82, 2.24) is 4.98 Å². The highest BCUT2D eigenvalue weighted by atomic mass is 32.2. The van der Waals surface area contributed by atoms with Crippen LogP contribution in [0, 0.1) is 0 Å². The first-order valence-electron chi connectivity index (χ1n) is 5.47. The Kier molecular flexibility index (Phi) is 3.73. The summed E-state index contributed by atoms with van der Waals surface area (Å²) in [5, 5.41) is 3.47. The molecular formula is C11H13BN2O2S. The molecule has 17 heavy (non-hydrogen) atoms. The number of hydrogen-bond acceptors (Lipinski definition) is 4. The van der Waals surface area contributed by atoms with Gasteiger partial charge in [0.05, 0.1) is 0 Å². The zero-order chi connectivity index (χ0) is 12.3. The average molecular weight is 248 g/mol. The van der Waals surface area contributed by atoms with Crippen molar-refractivity contribution in [2.24, 2.45) is 0 Å². The third kappa shape index (κ3) is 2.82. The fraction of sp³-hybridized carbons (Fsp3) is 0.273. The predicted octanol–water partition coefficient (Wildman–Crippen LogP) is 2.21. The van der Waals surface area contributed by atoms with E-state index in [1.807, 2.05) is 32.2 Å². The van der Waals surface area contributed by atoms with Gasteiger partial charge in [0.2, 0.25) is 11.1 Å². The summed E-state index contributed by atoms with van der Waals surface area (Å²) in [6.45, 7) is 1.98. The summed E-state index contributed by atoms with van der Waals surface area (Å²) in [7, 11) is 1.91. The molecule has 0 saturated heterocycles. The molecule has 1 heterocycles. The normalized spacial score (nSPS) is 10.6. The summed E-state index contributed by atoms with van der Waals surface area (Å²) in [4.78, 5) is 15.7. The lowest BCUT2D eigenvalue weighted by Crippen LogP contribution is -2.10. The number of benzene rings is 1. The number of hydrogen-bond donors (Lipinski definition) is 1. The summed E-state index contributed by atoms with van der Waals surface area (Å²) in [5.41, 5.74) is 2.27. The molecule has 1 aromatic heterocycles. The van der Waals surface area contributed by atoms with Crippen LogP contribution in [0.3, 0.4) is 0 Å². The molecule has 2 rings (SSSR count). The van der Waals surface area contributed by atoms with Crippen molar-refractivity contribution in [3.8, 4) is 0 Å². The second-order valence-corrected chi connectivity index (χ2v) is 4.42. The molecule has 1 N–H and O–H groups in total. The number of fused-ring (bicyclic) bond motifs is 1. The van der Waals surface area contributed by atoms with Crippen LogP contribution in [0.2, 0.25) is 0 Å². The summed E-state index contributed by atoms with van der Waals surface area (Å²) < 4.78 is 5.46. The molecule has 1 aromatic carbocycles. The lowest BCUT2D eigenvalue weighted by Gasteiger charge is -2.02. The van der Waals surface area contributed by atoms with E-state index in [1.165, 1.54) is 11.6 Å². The van der Waals surface area contributed by atoms with E-state index in [0.717, 1.165) is 23.2 Å². The van der Waals surface area contributed by atoms with Crippen LogP contribution in [-0.4, -0.2) is 18.0 Å². The molecule has 0 atom stereocenters. The smallest absolute Gasteiger partial charge is 0.245 e. The first-order valence-corrected chi connectivity index (χ1v) is 6.70. The monoisotopic (exact) mass is 248 g/mol. The van der Waals surface area contributed by atoms with E-state index < -0.39 is 0 Å². The second-order valence-electron chi connectivity index (χ2n) is 3.66. The fourth-order valence-corrected chi connectivity index (χ4v) is 1.88. The molecule has 1 amide bonds. The molecule has 0 saturated carbocycles. The Morgan fingerprint density at radius 2 is 2.41 bits per heavy atom. The molecule has 0 aliphatic heterocycles. The largest absolute Gasteiger partial charge is 0.432 e. The van der Waals surface area contributed by atoms with Crippen LogP contribution in [-0.2, 0) is 4.79 Å². The third-order valence-corrected chi connectivity index (χ3v) is 2.83. The minimum Gasteiger partial charge on any atom is -0.432 e. The van der Waals surface area contributed by atoms with Crippen molar-refractivity contribution < 1.29 is 9.21 Å². The van der Waals surface area contributed by atoms with Crippen molar-refractivity contribution in [1.29, 1.82) is 0 Å². The first-order chi connectivity index (χ1) is 8.22. The zero-order valence-electron chi connectivity index (χ0n) is 9.82. The van der Waals surface area contributed by atoms with Gasteiger partial charge in [-0.2, -0.15) is 0 Å². The van der Waals surface area contributed by atoms with Gasteiger partial charge in [-0.05, 0) is 24.6 Å². The highest BCUT2D eigenvalue weighted by Gasteiger charge is 2.06. The van der Waals surface area contributed by atoms with Crippen molar-refractivity contribution >= 4 is 41.4 Å². The number of rotatable bonds is 4. The highest BCUT2D eigenvalue weighted by Crippen LogP contribution is 2.23. The molecular weight excluding hydrogens is 235 g/mol. The van der Waals surface area contributed by atoms with E-state index in [1.54, 1.807) is 0 Å². The number of anilines is 1. The standard InChI is InChI=1S/C11H13BN2O2S/c1-2-3-10(15)13-7-4-5-9-8(6-7)14-11(16-9)17-12/h4-6H,2-3,12H2,1H3,(H,13,15). The molecule has 88 valence electrons. The Bertz CT molecular complexity index is 541. The Morgan fingerprint density at radius 3 is 3.12 bits per heavy atom. The van der Waals surface area contributed by atoms with Crippen molar-refractivity contribution in [3.63, 3.8) is 0 Å². The number of nitrogens with one attached hydrogen (secondary N) is 1. The summed E-state index contributed by atoms with van der Waals surface area (Å²) >= 11 is 1.46. The van der Waals surface area contributed by atoms with Crippen molar-refractivity contribution in [2.75, 3.05) is 5.32 Å². The number of amides is 1. The zero-order valence-corrected chi connectivity index (χ0v) is 10.6. The molecule has 0 bridgehead atoms. The quantitative estimate of drug-likeness (QED) is 0.843. The van der Waals surface area contributed by atoms with Crippen LogP contribution >= 0.6 is 11.6 Å². The lowest BCUT2D eigenvalue weighted by molar-refractivity contribution is -0.116.